The number of hydrogen-bond donors (Lipinski definition) is 2. The van der Waals surface area contributed by atoms with Gasteiger partial charge in [0.1, 0.15) is 0 Å². The first-order chi connectivity index (χ1) is 9.92. The Labute approximate surface area is 124 Å². The van der Waals surface area contributed by atoms with Crippen LogP contribution in [0.3, 0.4) is 0 Å². The number of benzene rings is 2. The monoisotopic (exact) mass is 301 g/mol. The van der Waals surface area contributed by atoms with Crippen molar-refractivity contribution >= 4 is 15.7 Å². The molecule has 0 bridgehead atoms. The molecule has 0 aromatic heterocycles. The van der Waals surface area contributed by atoms with Crippen molar-refractivity contribution in [2.24, 2.45) is 0 Å². The van der Waals surface area contributed by atoms with E-state index in [1.165, 1.54) is 6.07 Å². The number of aryl methyl sites for hydroxylation is 1. The molecule has 0 spiro atoms. The maximum absolute atomic E-state index is 12.3. The molecule has 0 aliphatic rings. The minimum Gasteiger partial charge on any atom is -0.399 e. The Morgan fingerprint density at radius 3 is 2.67 bits per heavy atom. The summed E-state index contributed by atoms with van der Waals surface area (Å²) in [4.78, 5) is 0.202. The highest BCUT2D eigenvalue weighted by atomic mass is 32.2. The number of nitrogens with two attached hydrogens (primary N) is 1. The molecule has 6 heteroatoms. The van der Waals surface area contributed by atoms with E-state index in [0.29, 0.717) is 16.8 Å². The Hall–Kier alpha value is -2.36. The van der Waals surface area contributed by atoms with E-state index in [-0.39, 0.29) is 11.4 Å². The number of hydrogen-bond acceptors (Lipinski definition) is 4. The SMILES string of the molecule is Cc1cc(N)ccc1S(=O)(=O)NCc1cccc(C#N)c1. The molecule has 0 saturated heterocycles. The van der Waals surface area contributed by atoms with E-state index in [1.807, 2.05) is 6.07 Å². The maximum Gasteiger partial charge on any atom is 0.241 e. The van der Waals surface area contributed by atoms with Crippen molar-refractivity contribution in [1.82, 2.24) is 4.72 Å². The fourth-order valence-corrected chi connectivity index (χ4v) is 3.22. The predicted octanol–water partition coefficient (Wildman–Crippen LogP) is 1.93. The third-order valence-corrected chi connectivity index (χ3v) is 4.57. The van der Waals surface area contributed by atoms with Crippen molar-refractivity contribution in [3.05, 3.63) is 59.2 Å². The van der Waals surface area contributed by atoms with Crippen LogP contribution >= 0.6 is 0 Å². The van der Waals surface area contributed by atoms with Crippen molar-refractivity contribution in [3.8, 4) is 6.07 Å². The first kappa shape index (κ1) is 15.0. The quantitative estimate of drug-likeness (QED) is 0.843. The van der Waals surface area contributed by atoms with Gasteiger partial charge in [0, 0.05) is 12.2 Å². The number of nitriles is 1. The molecule has 0 saturated carbocycles. The summed E-state index contributed by atoms with van der Waals surface area (Å²) in [6.07, 6.45) is 0. The summed E-state index contributed by atoms with van der Waals surface area (Å²) in [5, 5.41) is 8.83. The Bertz CT molecular complexity index is 808. The lowest BCUT2D eigenvalue weighted by Gasteiger charge is -2.10. The zero-order valence-electron chi connectivity index (χ0n) is 11.5. The third-order valence-electron chi connectivity index (χ3n) is 3.01. The molecule has 3 N–H and O–H groups in total. The standard InChI is InChI=1S/C15H15N3O2S/c1-11-7-14(17)5-6-15(11)21(19,20)18-10-13-4-2-3-12(8-13)9-16/h2-8,18H,10,17H2,1H3. The van der Waals surface area contributed by atoms with Gasteiger partial charge in [0.15, 0.2) is 0 Å². The van der Waals surface area contributed by atoms with E-state index in [9.17, 15) is 8.42 Å². The predicted molar refractivity (Wildman–Crippen MR) is 80.8 cm³/mol. The van der Waals surface area contributed by atoms with Gasteiger partial charge in [-0.15, -0.1) is 0 Å². The number of nitrogens with zero attached hydrogens (tertiary/aromatic N) is 1. The molecule has 5 nitrogen and oxygen atoms in total. The second-order valence-corrected chi connectivity index (χ2v) is 6.40. The number of rotatable bonds is 4. The Kier molecular flexibility index (Phi) is 4.26. The Morgan fingerprint density at radius 2 is 2.00 bits per heavy atom. The van der Waals surface area contributed by atoms with E-state index >= 15 is 0 Å². The molecule has 0 heterocycles. The van der Waals surface area contributed by atoms with Gasteiger partial charge in [-0.25, -0.2) is 13.1 Å². The largest absolute Gasteiger partial charge is 0.399 e. The summed E-state index contributed by atoms with van der Waals surface area (Å²) in [5.74, 6) is 0. The summed E-state index contributed by atoms with van der Waals surface area (Å²) in [7, 11) is -3.61. The Balaban J connectivity index is 2.20. The fraction of sp³-hybridized carbons (Fsp3) is 0.133. The van der Waals surface area contributed by atoms with Gasteiger partial charge in [-0.05, 0) is 48.4 Å². The summed E-state index contributed by atoms with van der Waals surface area (Å²) in [5.41, 5.74) is 7.96. The van der Waals surface area contributed by atoms with Crippen molar-refractivity contribution in [2.75, 3.05) is 5.73 Å². The first-order valence-electron chi connectivity index (χ1n) is 6.27. The molecule has 0 atom stereocenters. The highest BCUT2D eigenvalue weighted by Gasteiger charge is 2.16. The lowest BCUT2D eigenvalue weighted by atomic mass is 10.1. The molecule has 2 rings (SSSR count). The normalized spacial score (nSPS) is 11.0. The van der Waals surface area contributed by atoms with Crippen LogP contribution in [0.15, 0.2) is 47.4 Å². The maximum atomic E-state index is 12.3. The van der Waals surface area contributed by atoms with Gasteiger partial charge in [-0.2, -0.15) is 5.26 Å². The molecule has 21 heavy (non-hydrogen) atoms. The van der Waals surface area contributed by atoms with E-state index < -0.39 is 10.0 Å². The molecule has 108 valence electrons. The smallest absolute Gasteiger partial charge is 0.241 e. The minimum atomic E-state index is -3.61. The van der Waals surface area contributed by atoms with Crippen LogP contribution in [0.1, 0.15) is 16.7 Å². The van der Waals surface area contributed by atoms with Crippen LogP contribution in [-0.2, 0) is 16.6 Å². The molecule has 0 fully saturated rings. The number of anilines is 1. The van der Waals surface area contributed by atoms with Gasteiger partial charge >= 0.3 is 0 Å². The van der Waals surface area contributed by atoms with Crippen molar-refractivity contribution in [3.63, 3.8) is 0 Å². The zero-order chi connectivity index (χ0) is 15.5. The van der Waals surface area contributed by atoms with E-state index in [1.54, 1.807) is 43.3 Å². The van der Waals surface area contributed by atoms with E-state index in [4.69, 9.17) is 11.0 Å². The number of sulfonamides is 1. The van der Waals surface area contributed by atoms with Crippen LogP contribution in [0.4, 0.5) is 5.69 Å². The summed E-state index contributed by atoms with van der Waals surface area (Å²) in [6, 6.07) is 13.5. The lowest BCUT2D eigenvalue weighted by Crippen LogP contribution is -2.24. The van der Waals surface area contributed by atoms with Crippen molar-refractivity contribution in [2.45, 2.75) is 18.4 Å². The molecule has 2 aromatic carbocycles. The topological polar surface area (TPSA) is 96.0 Å². The second-order valence-electron chi connectivity index (χ2n) is 4.66. The van der Waals surface area contributed by atoms with Gasteiger partial charge in [-0.1, -0.05) is 12.1 Å². The fourth-order valence-electron chi connectivity index (χ4n) is 1.98. The molecular formula is C15H15N3O2S. The summed E-state index contributed by atoms with van der Waals surface area (Å²) >= 11 is 0. The molecular weight excluding hydrogens is 286 g/mol. The van der Waals surface area contributed by atoms with Gasteiger partial charge in [0.2, 0.25) is 10.0 Å². The first-order valence-corrected chi connectivity index (χ1v) is 7.75. The minimum absolute atomic E-state index is 0.127. The van der Waals surface area contributed by atoms with Gasteiger partial charge in [0.05, 0.1) is 16.5 Å². The highest BCUT2D eigenvalue weighted by molar-refractivity contribution is 7.89. The van der Waals surface area contributed by atoms with Gasteiger partial charge in [0.25, 0.3) is 0 Å². The van der Waals surface area contributed by atoms with Gasteiger partial charge < -0.3 is 5.73 Å². The molecule has 0 aliphatic carbocycles. The summed E-state index contributed by atoms with van der Waals surface area (Å²) < 4.78 is 27.1. The second kappa shape index (κ2) is 5.95. The number of nitrogens with one attached hydrogen (secondary N) is 1. The van der Waals surface area contributed by atoms with Crippen molar-refractivity contribution in [1.29, 1.82) is 5.26 Å². The molecule has 2 aromatic rings. The van der Waals surface area contributed by atoms with Crippen LogP contribution < -0.4 is 10.5 Å². The molecule has 0 radical (unpaired) electrons. The van der Waals surface area contributed by atoms with Crippen LogP contribution in [0.25, 0.3) is 0 Å². The average Bonchev–Trinajstić information content (AvgIpc) is 2.45. The molecule has 0 unspecified atom stereocenters. The average molecular weight is 301 g/mol. The van der Waals surface area contributed by atoms with Crippen LogP contribution in [-0.4, -0.2) is 8.42 Å². The summed E-state index contributed by atoms with van der Waals surface area (Å²) in [6.45, 7) is 1.82. The highest BCUT2D eigenvalue weighted by Crippen LogP contribution is 2.18. The van der Waals surface area contributed by atoms with Crippen LogP contribution in [0, 0.1) is 18.3 Å². The van der Waals surface area contributed by atoms with Crippen LogP contribution in [0.5, 0.6) is 0 Å². The molecule has 0 aliphatic heterocycles. The van der Waals surface area contributed by atoms with Crippen LogP contribution in [0.2, 0.25) is 0 Å². The third kappa shape index (κ3) is 3.60. The van der Waals surface area contributed by atoms with E-state index in [0.717, 1.165) is 5.56 Å². The lowest BCUT2D eigenvalue weighted by molar-refractivity contribution is 0.580. The Morgan fingerprint density at radius 1 is 1.24 bits per heavy atom. The van der Waals surface area contributed by atoms with E-state index in [2.05, 4.69) is 4.72 Å². The zero-order valence-corrected chi connectivity index (χ0v) is 12.3. The molecule has 0 amide bonds. The van der Waals surface area contributed by atoms with Gasteiger partial charge in [-0.3, -0.25) is 0 Å². The van der Waals surface area contributed by atoms with Crippen molar-refractivity contribution < 1.29 is 8.42 Å². The number of nitrogen functional groups attached to an aromatic ring is 1.